The first-order valence-corrected chi connectivity index (χ1v) is 9.40. The van der Waals surface area contributed by atoms with E-state index in [0.717, 1.165) is 12.1 Å². The number of carbonyl (C=O) groups excluding carboxylic acids is 1. The van der Waals surface area contributed by atoms with E-state index < -0.39 is 66.7 Å². The highest BCUT2D eigenvalue weighted by Crippen LogP contribution is 2.40. The van der Waals surface area contributed by atoms with E-state index in [0.29, 0.717) is 12.1 Å². The van der Waals surface area contributed by atoms with Crippen molar-refractivity contribution in [2.45, 2.75) is 12.5 Å². The maximum atomic E-state index is 13.3. The molecule has 1 amide bonds. The van der Waals surface area contributed by atoms with Crippen molar-refractivity contribution >= 4 is 54.8 Å². The molecule has 0 fully saturated rings. The van der Waals surface area contributed by atoms with Gasteiger partial charge in [0.25, 0.3) is 5.91 Å². The van der Waals surface area contributed by atoms with Gasteiger partial charge in [-0.2, -0.15) is 22.8 Å². The van der Waals surface area contributed by atoms with Gasteiger partial charge in [0.2, 0.25) is 0 Å². The number of ether oxygens (including phenoxy) is 1. The highest BCUT2D eigenvalue weighted by atomic mass is 79.9. The monoisotopic (exact) mass is 584 g/mol. The average molecular weight is 586 g/mol. The normalized spacial score (nSPS) is 11.1. The van der Waals surface area contributed by atoms with Gasteiger partial charge in [-0.25, -0.2) is 0 Å². The van der Waals surface area contributed by atoms with Gasteiger partial charge in [-0.1, -0.05) is 0 Å². The Morgan fingerprint density at radius 3 is 2.12 bits per heavy atom. The third kappa shape index (κ3) is 5.11. The SMILES string of the molecule is N#Cc1cc([N+](=O)[O-])c(NC(=O)c2c(Br)ccc(OC(F)(F)C(F)F)c2Br)c([N+](=O)[O-])c1. The van der Waals surface area contributed by atoms with Crippen LogP contribution in [0.5, 0.6) is 5.75 Å². The van der Waals surface area contributed by atoms with Crippen LogP contribution in [0.1, 0.15) is 15.9 Å². The van der Waals surface area contributed by atoms with Gasteiger partial charge < -0.3 is 10.1 Å². The first-order valence-electron chi connectivity index (χ1n) is 7.81. The highest BCUT2D eigenvalue weighted by molar-refractivity contribution is 9.11. The molecular weight excluding hydrogens is 580 g/mol. The van der Waals surface area contributed by atoms with Gasteiger partial charge in [0, 0.05) is 16.6 Å². The summed E-state index contributed by atoms with van der Waals surface area (Å²) < 4.78 is 54.7. The molecule has 1 N–H and O–H groups in total. The lowest BCUT2D eigenvalue weighted by molar-refractivity contribution is -0.392. The van der Waals surface area contributed by atoms with E-state index in [9.17, 15) is 42.6 Å². The van der Waals surface area contributed by atoms with Crippen molar-refractivity contribution in [3.8, 4) is 11.8 Å². The summed E-state index contributed by atoms with van der Waals surface area (Å²) in [7, 11) is 0. The summed E-state index contributed by atoms with van der Waals surface area (Å²) in [6.07, 6.45) is -9.10. The number of nitrogens with one attached hydrogen (secondary N) is 1. The standard InChI is InChI=1S/C16H6Br2F4N4O6/c17-7-1-2-10(32-16(21,22)15(19)20)12(18)11(7)14(27)24-13-8(25(28)29)3-6(5-23)4-9(13)26(30)31/h1-4,15H,(H,24,27). The number of anilines is 1. The first kappa shape index (κ1) is 24.9. The molecule has 10 nitrogen and oxygen atoms in total. The molecule has 32 heavy (non-hydrogen) atoms. The van der Waals surface area contributed by atoms with E-state index in [1.54, 1.807) is 0 Å². The van der Waals surface area contributed by atoms with Crippen molar-refractivity contribution < 1.29 is 36.9 Å². The number of amides is 1. The Hall–Kier alpha value is -3.32. The number of nitrogens with zero attached hydrogens (tertiary/aromatic N) is 3. The van der Waals surface area contributed by atoms with Crippen molar-refractivity contribution in [2.24, 2.45) is 0 Å². The van der Waals surface area contributed by atoms with E-state index in [4.69, 9.17) is 5.26 Å². The zero-order valence-corrected chi connectivity index (χ0v) is 18.1. The lowest BCUT2D eigenvalue weighted by Gasteiger charge is -2.19. The second kappa shape index (κ2) is 9.44. The number of hydrogen-bond acceptors (Lipinski definition) is 7. The quantitative estimate of drug-likeness (QED) is 0.260. The first-order chi connectivity index (χ1) is 14.8. The van der Waals surface area contributed by atoms with Crippen molar-refractivity contribution in [3.05, 3.63) is 64.6 Å². The molecule has 2 rings (SSSR count). The molecular formula is C16H6Br2F4N4O6. The molecule has 0 heterocycles. The van der Waals surface area contributed by atoms with Crippen LogP contribution in [0.3, 0.4) is 0 Å². The van der Waals surface area contributed by atoms with Crippen molar-refractivity contribution in [1.29, 1.82) is 5.26 Å². The summed E-state index contributed by atoms with van der Waals surface area (Å²) >= 11 is 5.69. The van der Waals surface area contributed by atoms with Crippen LogP contribution in [-0.2, 0) is 0 Å². The summed E-state index contributed by atoms with van der Waals surface area (Å²) in [6, 6.07) is 4.66. The van der Waals surface area contributed by atoms with E-state index in [1.165, 1.54) is 6.07 Å². The molecule has 168 valence electrons. The molecule has 0 aromatic heterocycles. The van der Waals surface area contributed by atoms with Crippen LogP contribution in [0.4, 0.5) is 34.6 Å². The third-order valence-corrected chi connectivity index (χ3v) is 5.09. The van der Waals surface area contributed by atoms with Crippen LogP contribution in [0.25, 0.3) is 0 Å². The zero-order valence-electron chi connectivity index (χ0n) is 14.9. The summed E-state index contributed by atoms with van der Waals surface area (Å²) in [5, 5.41) is 33.5. The molecule has 16 heteroatoms. The lowest BCUT2D eigenvalue weighted by atomic mass is 10.1. The Morgan fingerprint density at radius 2 is 1.69 bits per heavy atom. The van der Waals surface area contributed by atoms with Crippen LogP contribution in [0, 0.1) is 31.6 Å². The maximum absolute atomic E-state index is 13.3. The zero-order chi connectivity index (χ0) is 24.4. The molecule has 2 aromatic rings. The van der Waals surface area contributed by atoms with Gasteiger partial charge in [0.05, 0.1) is 31.5 Å². The number of hydrogen-bond donors (Lipinski definition) is 1. The fourth-order valence-electron chi connectivity index (χ4n) is 2.28. The van der Waals surface area contributed by atoms with Crippen LogP contribution in [-0.4, -0.2) is 28.3 Å². The molecule has 0 saturated heterocycles. The average Bonchev–Trinajstić information content (AvgIpc) is 2.69. The summed E-state index contributed by atoms with van der Waals surface area (Å²) in [5.41, 5.74) is -3.87. The predicted molar refractivity (Wildman–Crippen MR) is 106 cm³/mol. The van der Waals surface area contributed by atoms with Crippen molar-refractivity contribution in [3.63, 3.8) is 0 Å². The molecule has 2 aromatic carbocycles. The topological polar surface area (TPSA) is 148 Å². The van der Waals surface area contributed by atoms with Gasteiger partial charge in [0.15, 0.2) is 5.69 Å². The van der Waals surface area contributed by atoms with Crippen molar-refractivity contribution in [2.75, 3.05) is 5.32 Å². The second-order valence-corrected chi connectivity index (χ2v) is 7.32. The Labute approximate surface area is 191 Å². The van der Waals surface area contributed by atoms with E-state index in [2.05, 4.69) is 36.6 Å². The molecule has 0 radical (unpaired) electrons. The predicted octanol–water partition coefficient (Wildman–Crippen LogP) is 5.39. The Balaban J connectivity index is 2.59. The molecule has 0 saturated carbocycles. The van der Waals surface area contributed by atoms with E-state index >= 15 is 0 Å². The van der Waals surface area contributed by atoms with Gasteiger partial charge in [-0.05, 0) is 44.0 Å². The van der Waals surface area contributed by atoms with Crippen molar-refractivity contribution in [1.82, 2.24) is 0 Å². The highest BCUT2D eigenvalue weighted by Gasteiger charge is 2.44. The number of nitro benzene ring substituents is 2. The lowest BCUT2D eigenvalue weighted by Crippen LogP contribution is -2.33. The molecule has 0 unspecified atom stereocenters. The van der Waals surface area contributed by atoms with Crippen LogP contribution >= 0.6 is 31.9 Å². The van der Waals surface area contributed by atoms with E-state index in [-0.39, 0.29) is 4.47 Å². The van der Waals surface area contributed by atoms with Crippen LogP contribution < -0.4 is 10.1 Å². The summed E-state index contributed by atoms with van der Waals surface area (Å²) in [5.74, 6) is -2.17. The molecule has 0 aliphatic rings. The van der Waals surface area contributed by atoms with Gasteiger partial charge in [0.1, 0.15) is 5.75 Å². The molecule has 0 spiro atoms. The largest absolute Gasteiger partial charge is 0.461 e. The number of nitro groups is 2. The van der Waals surface area contributed by atoms with Crippen LogP contribution in [0.15, 0.2) is 33.2 Å². The van der Waals surface area contributed by atoms with E-state index in [1.807, 2.05) is 5.32 Å². The molecule has 0 aliphatic carbocycles. The summed E-state index contributed by atoms with van der Waals surface area (Å²) in [6.45, 7) is 0. The number of halogens is 6. The maximum Gasteiger partial charge on any atom is 0.461 e. The smallest absolute Gasteiger partial charge is 0.427 e. The van der Waals surface area contributed by atoms with Gasteiger partial charge in [-0.15, -0.1) is 0 Å². The third-order valence-electron chi connectivity index (χ3n) is 3.64. The number of nitriles is 1. The van der Waals surface area contributed by atoms with Gasteiger partial charge >= 0.3 is 23.9 Å². The minimum atomic E-state index is -4.91. The fraction of sp³-hybridized carbons (Fsp3) is 0.125. The summed E-state index contributed by atoms with van der Waals surface area (Å²) in [4.78, 5) is 33.2. The fourth-order valence-corrected chi connectivity index (χ4v) is 3.66. The molecule has 0 atom stereocenters. The Bertz CT molecular complexity index is 1140. The Morgan fingerprint density at radius 1 is 1.16 bits per heavy atom. The number of benzene rings is 2. The minimum absolute atomic E-state index is 0.103. The van der Waals surface area contributed by atoms with Gasteiger partial charge in [-0.3, -0.25) is 25.0 Å². The molecule has 0 bridgehead atoms. The second-order valence-electron chi connectivity index (χ2n) is 5.67. The Kier molecular flexibility index (Phi) is 7.36. The van der Waals surface area contributed by atoms with Crippen LogP contribution in [0.2, 0.25) is 0 Å². The number of alkyl halides is 4. The minimum Gasteiger partial charge on any atom is -0.427 e. The number of rotatable bonds is 7. The number of carbonyl (C=O) groups is 1. The molecule has 0 aliphatic heterocycles.